The molecule has 0 aliphatic carbocycles. The molecule has 2 aromatic heterocycles. The van der Waals surface area contributed by atoms with Gasteiger partial charge < -0.3 is 9.88 Å². The second-order valence-corrected chi connectivity index (χ2v) is 4.95. The van der Waals surface area contributed by atoms with Crippen LogP contribution in [0.3, 0.4) is 0 Å². The van der Waals surface area contributed by atoms with Gasteiger partial charge in [-0.3, -0.25) is 0 Å². The van der Waals surface area contributed by atoms with Gasteiger partial charge >= 0.3 is 0 Å². The maximum atomic E-state index is 3.54. The van der Waals surface area contributed by atoms with Gasteiger partial charge in [-0.15, -0.1) is 11.3 Å². The van der Waals surface area contributed by atoms with Gasteiger partial charge in [0.15, 0.2) is 0 Å². The van der Waals surface area contributed by atoms with Crippen molar-refractivity contribution in [2.24, 2.45) is 0 Å². The van der Waals surface area contributed by atoms with Crippen LogP contribution in [0.1, 0.15) is 30.3 Å². The van der Waals surface area contributed by atoms with Crippen LogP contribution in [0.25, 0.3) is 0 Å². The van der Waals surface area contributed by atoms with Gasteiger partial charge in [0.2, 0.25) is 0 Å². The molecular formula is C13H18N2S. The summed E-state index contributed by atoms with van der Waals surface area (Å²) in [5.41, 5.74) is 1.35. The van der Waals surface area contributed by atoms with Crippen LogP contribution in [0.2, 0.25) is 0 Å². The fourth-order valence-corrected chi connectivity index (χ4v) is 2.46. The average molecular weight is 234 g/mol. The zero-order chi connectivity index (χ0) is 11.4. The molecule has 0 unspecified atom stereocenters. The largest absolute Gasteiger partial charge is 0.354 e. The minimum absolute atomic E-state index is 0.435. The average Bonchev–Trinajstić information content (AvgIpc) is 2.96. The topological polar surface area (TPSA) is 17.0 Å². The van der Waals surface area contributed by atoms with Crippen LogP contribution in [0.4, 0.5) is 0 Å². The van der Waals surface area contributed by atoms with Crippen LogP contribution in [0.5, 0.6) is 0 Å². The van der Waals surface area contributed by atoms with Crippen LogP contribution in [0.15, 0.2) is 36.0 Å². The van der Waals surface area contributed by atoms with Gasteiger partial charge in [-0.2, -0.15) is 0 Å². The van der Waals surface area contributed by atoms with Crippen molar-refractivity contribution in [1.82, 2.24) is 9.88 Å². The molecule has 1 N–H and O–H groups in total. The van der Waals surface area contributed by atoms with E-state index in [1.54, 1.807) is 0 Å². The molecule has 2 aromatic rings. The highest BCUT2D eigenvalue weighted by Gasteiger charge is 2.05. The van der Waals surface area contributed by atoms with Crippen molar-refractivity contribution in [3.63, 3.8) is 0 Å². The number of hydrogen-bond donors (Lipinski definition) is 1. The normalized spacial score (nSPS) is 12.9. The Hall–Kier alpha value is -1.06. The number of aryl methyl sites for hydroxylation is 1. The van der Waals surface area contributed by atoms with Gasteiger partial charge in [-0.1, -0.05) is 6.07 Å². The first-order valence-corrected chi connectivity index (χ1v) is 6.59. The van der Waals surface area contributed by atoms with E-state index >= 15 is 0 Å². The molecule has 0 spiro atoms. The maximum Gasteiger partial charge on any atom is 0.0388 e. The van der Waals surface area contributed by atoms with E-state index in [0.717, 1.165) is 13.1 Å². The molecule has 0 aliphatic heterocycles. The molecule has 2 heterocycles. The van der Waals surface area contributed by atoms with E-state index in [9.17, 15) is 0 Å². The van der Waals surface area contributed by atoms with E-state index in [2.05, 4.69) is 59.7 Å². The van der Waals surface area contributed by atoms with E-state index in [0.29, 0.717) is 6.04 Å². The van der Waals surface area contributed by atoms with Gasteiger partial charge in [0.05, 0.1) is 0 Å². The highest BCUT2D eigenvalue weighted by atomic mass is 32.1. The van der Waals surface area contributed by atoms with Gasteiger partial charge in [0.1, 0.15) is 0 Å². The van der Waals surface area contributed by atoms with E-state index < -0.39 is 0 Å². The fraction of sp³-hybridized carbons (Fsp3) is 0.385. The lowest BCUT2D eigenvalue weighted by Crippen LogP contribution is -2.16. The SMILES string of the molecule is CCn1ccc(CN[C@H](C)c2cccs2)c1. The van der Waals surface area contributed by atoms with Crippen LogP contribution in [0, 0.1) is 0 Å². The Bertz CT molecular complexity index is 417. The third-order valence-electron chi connectivity index (χ3n) is 2.76. The van der Waals surface area contributed by atoms with Gasteiger partial charge in [-0.05, 0) is 36.9 Å². The van der Waals surface area contributed by atoms with Crippen molar-refractivity contribution < 1.29 is 0 Å². The predicted molar refractivity (Wildman–Crippen MR) is 69.7 cm³/mol. The van der Waals surface area contributed by atoms with E-state index in [1.165, 1.54) is 10.4 Å². The Kier molecular flexibility index (Phi) is 3.80. The van der Waals surface area contributed by atoms with Crippen molar-refractivity contribution in [3.8, 4) is 0 Å². The number of aromatic nitrogens is 1. The number of hydrogen-bond acceptors (Lipinski definition) is 2. The summed E-state index contributed by atoms with van der Waals surface area (Å²) in [7, 11) is 0. The van der Waals surface area contributed by atoms with Gasteiger partial charge in [0.25, 0.3) is 0 Å². The number of nitrogens with one attached hydrogen (secondary N) is 1. The summed E-state index contributed by atoms with van der Waals surface area (Å²) in [5.74, 6) is 0. The third kappa shape index (κ3) is 2.74. The molecule has 0 fully saturated rings. The molecule has 16 heavy (non-hydrogen) atoms. The van der Waals surface area contributed by atoms with Gasteiger partial charge in [-0.25, -0.2) is 0 Å². The molecular weight excluding hydrogens is 216 g/mol. The molecule has 0 amide bonds. The first kappa shape index (κ1) is 11.4. The molecule has 0 saturated carbocycles. The molecule has 0 aromatic carbocycles. The summed E-state index contributed by atoms with van der Waals surface area (Å²) in [6.45, 7) is 6.35. The summed E-state index contributed by atoms with van der Waals surface area (Å²) in [6.07, 6.45) is 4.33. The van der Waals surface area contributed by atoms with Crippen LogP contribution >= 0.6 is 11.3 Å². The predicted octanol–water partition coefficient (Wildman–Crippen LogP) is 3.42. The Morgan fingerprint density at radius 1 is 1.44 bits per heavy atom. The second-order valence-electron chi connectivity index (χ2n) is 3.97. The monoisotopic (exact) mass is 234 g/mol. The van der Waals surface area contributed by atoms with Crippen LogP contribution in [-0.4, -0.2) is 4.57 Å². The standard InChI is InChI=1S/C13H18N2S/c1-3-15-7-6-12(10-15)9-14-11(2)13-5-4-8-16-13/h4-8,10-11,14H,3,9H2,1-2H3/t11-/m1/s1. The van der Waals surface area contributed by atoms with E-state index in [1.807, 2.05) is 11.3 Å². The van der Waals surface area contributed by atoms with Crippen molar-refractivity contribution >= 4 is 11.3 Å². The molecule has 1 atom stereocenters. The van der Waals surface area contributed by atoms with E-state index in [-0.39, 0.29) is 0 Å². The lowest BCUT2D eigenvalue weighted by molar-refractivity contribution is 0.582. The van der Waals surface area contributed by atoms with Crippen molar-refractivity contribution in [1.29, 1.82) is 0 Å². The van der Waals surface area contributed by atoms with E-state index in [4.69, 9.17) is 0 Å². The van der Waals surface area contributed by atoms with Crippen LogP contribution < -0.4 is 5.32 Å². The van der Waals surface area contributed by atoms with Crippen molar-refractivity contribution in [2.45, 2.75) is 33.0 Å². The first-order chi connectivity index (χ1) is 7.79. The molecule has 2 rings (SSSR count). The molecule has 0 aliphatic rings. The molecule has 3 heteroatoms. The Labute approximate surface area is 101 Å². The highest BCUT2D eigenvalue weighted by Crippen LogP contribution is 2.18. The Morgan fingerprint density at radius 3 is 2.94 bits per heavy atom. The summed E-state index contributed by atoms with van der Waals surface area (Å²) in [4.78, 5) is 1.40. The summed E-state index contributed by atoms with van der Waals surface area (Å²) < 4.78 is 2.20. The van der Waals surface area contributed by atoms with Crippen molar-refractivity contribution in [2.75, 3.05) is 0 Å². The van der Waals surface area contributed by atoms with Crippen LogP contribution in [-0.2, 0) is 13.1 Å². The van der Waals surface area contributed by atoms with Crippen molar-refractivity contribution in [3.05, 3.63) is 46.4 Å². The zero-order valence-electron chi connectivity index (χ0n) is 9.81. The molecule has 0 bridgehead atoms. The highest BCUT2D eigenvalue weighted by molar-refractivity contribution is 7.10. The zero-order valence-corrected chi connectivity index (χ0v) is 10.6. The number of rotatable bonds is 5. The third-order valence-corrected chi connectivity index (χ3v) is 3.81. The summed E-state index contributed by atoms with van der Waals surface area (Å²) in [6, 6.07) is 6.90. The second kappa shape index (κ2) is 5.32. The lowest BCUT2D eigenvalue weighted by atomic mass is 10.2. The summed E-state index contributed by atoms with van der Waals surface area (Å²) >= 11 is 1.81. The number of thiophene rings is 1. The molecule has 0 saturated heterocycles. The molecule has 2 nitrogen and oxygen atoms in total. The molecule has 86 valence electrons. The van der Waals surface area contributed by atoms with Gasteiger partial charge in [0, 0.05) is 36.4 Å². The quantitative estimate of drug-likeness (QED) is 0.839. The Balaban J connectivity index is 1.87. The fourth-order valence-electron chi connectivity index (χ4n) is 1.70. The minimum Gasteiger partial charge on any atom is -0.354 e. The smallest absolute Gasteiger partial charge is 0.0388 e. The minimum atomic E-state index is 0.435. The lowest BCUT2D eigenvalue weighted by Gasteiger charge is -2.10. The summed E-state index contributed by atoms with van der Waals surface area (Å²) in [5, 5.41) is 5.66. The molecule has 0 radical (unpaired) electrons. The Morgan fingerprint density at radius 2 is 2.31 bits per heavy atom. The number of nitrogens with zero attached hydrogens (tertiary/aromatic N) is 1. The maximum absolute atomic E-state index is 3.54. The first-order valence-electron chi connectivity index (χ1n) is 5.71.